The molecule has 0 saturated heterocycles. The minimum atomic E-state index is -0.493. The number of anilines is 2. The van der Waals surface area contributed by atoms with Crippen molar-refractivity contribution in [3.8, 4) is 0 Å². The Morgan fingerprint density at radius 2 is 1.94 bits per heavy atom. The minimum absolute atomic E-state index is 0.0891. The average Bonchev–Trinajstić information content (AvgIpc) is 2.74. The first-order valence-electron chi connectivity index (χ1n) is 5.74. The van der Waals surface area contributed by atoms with Gasteiger partial charge in [0.2, 0.25) is 5.95 Å². The molecule has 0 radical (unpaired) electrons. The lowest BCUT2D eigenvalue weighted by Gasteiger charge is -2.13. The maximum absolute atomic E-state index is 13.7. The molecule has 5 heteroatoms. The summed E-state index contributed by atoms with van der Waals surface area (Å²) < 4.78 is 28.9. The second kappa shape index (κ2) is 4.76. The zero-order valence-electron chi connectivity index (χ0n) is 10.5. The molecule has 2 rings (SSSR count). The lowest BCUT2D eigenvalue weighted by Crippen LogP contribution is -2.06. The smallest absolute Gasteiger partial charge is 0.207 e. The average molecular weight is 251 g/mol. The van der Waals surface area contributed by atoms with Gasteiger partial charge in [-0.2, -0.15) is 0 Å². The first-order chi connectivity index (χ1) is 8.49. The monoisotopic (exact) mass is 251 g/mol. The topological polar surface area (TPSA) is 29.9 Å². The first kappa shape index (κ1) is 12.5. The minimum Gasteiger partial charge on any atom is -0.323 e. The molecule has 1 N–H and O–H groups in total. The van der Waals surface area contributed by atoms with Crippen LogP contribution in [-0.2, 0) is 0 Å². The quantitative estimate of drug-likeness (QED) is 0.899. The van der Waals surface area contributed by atoms with Gasteiger partial charge in [0.15, 0.2) is 0 Å². The molecule has 0 aliphatic carbocycles. The standard InChI is InChI=1S/C13H15F2N3/c1-8(2)18-5-4-16-13(18)17-12-7-10(14)9(3)6-11(12)15/h4-8H,1-3H3,(H,16,17). The molecule has 0 aliphatic heterocycles. The number of hydrogen-bond acceptors (Lipinski definition) is 2. The molecule has 0 saturated carbocycles. The molecule has 0 bridgehead atoms. The van der Waals surface area contributed by atoms with E-state index in [2.05, 4.69) is 10.3 Å². The number of nitrogens with zero attached hydrogens (tertiary/aromatic N) is 2. The lowest BCUT2D eigenvalue weighted by molar-refractivity contribution is 0.591. The molecule has 1 aromatic heterocycles. The summed E-state index contributed by atoms with van der Waals surface area (Å²) in [5, 5.41) is 2.81. The van der Waals surface area contributed by atoms with E-state index in [1.54, 1.807) is 12.4 Å². The van der Waals surface area contributed by atoms with Crippen molar-refractivity contribution in [2.24, 2.45) is 0 Å². The Bertz CT molecular complexity index is 561. The third kappa shape index (κ3) is 2.34. The second-order valence-corrected chi connectivity index (χ2v) is 4.46. The molecule has 0 aliphatic rings. The largest absolute Gasteiger partial charge is 0.323 e. The van der Waals surface area contributed by atoms with Crippen LogP contribution in [-0.4, -0.2) is 9.55 Å². The van der Waals surface area contributed by atoms with Gasteiger partial charge in [-0.05, 0) is 32.4 Å². The van der Waals surface area contributed by atoms with Gasteiger partial charge in [0, 0.05) is 24.5 Å². The van der Waals surface area contributed by atoms with E-state index in [4.69, 9.17) is 0 Å². The number of aromatic nitrogens is 2. The molecule has 0 fully saturated rings. The molecule has 3 nitrogen and oxygen atoms in total. The number of hydrogen-bond donors (Lipinski definition) is 1. The van der Waals surface area contributed by atoms with Gasteiger partial charge in [-0.15, -0.1) is 0 Å². The number of rotatable bonds is 3. The molecule has 2 aromatic rings. The van der Waals surface area contributed by atoms with E-state index in [1.807, 2.05) is 18.4 Å². The Kier molecular flexibility index (Phi) is 3.32. The van der Waals surface area contributed by atoms with Gasteiger partial charge in [0.05, 0.1) is 5.69 Å². The summed E-state index contributed by atoms with van der Waals surface area (Å²) in [6.45, 7) is 5.50. The number of benzene rings is 1. The highest BCUT2D eigenvalue weighted by atomic mass is 19.1. The highest BCUT2D eigenvalue weighted by molar-refractivity contribution is 5.55. The third-order valence-electron chi connectivity index (χ3n) is 2.72. The maximum atomic E-state index is 13.7. The van der Waals surface area contributed by atoms with Gasteiger partial charge in [0.1, 0.15) is 11.6 Å². The SMILES string of the molecule is Cc1cc(F)c(Nc2nccn2C(C)C)cc1F. The summed E-state index contributed by atoms with van der Waals surface area (Å²) in [5.41, 5.74) is 0.372. The fraction of sp³-hybridized carbons (Fsp3) is 0.308. The van der Waals surface area contributed by atoms with E-state index in [9.17, 15) is 8.78 Å². The molecule has 18 heavy (non-hydrogen) atoms. The normalized spacial score (nSPS) is 11.0. The van der Waals surface area contributed by atoms with Crippen molar-refractivity contribution < 1.29 is 8.78 Å². The van der Waals surface area contributed by atoms with E-state index in [-0.39, 0.29) is 17.3 Å². The van der Waals surface area contributed by atoms with Crippen LogP contribution in [0.1, 0.15) is 25.5 Å². The second-order valence-electron chi connectivity index (χ2n) is 4.46. The number of imidazole rings is 1. The van der Waals surface area contributed by atoms with E-state index >= 15 is 0 Å². The highest BCUT2D eigenvalue weighted by Gasteiger charge is 2.11. The summed E-state index contributed by atoms with van der Waals surface area (Å²) in [6.07, 6.45) is 3.40. The van der Waals surface area contributed by atoms with Crippen molar-refractivity contribution in [3.05, 3.63) is 41.7 Å². The van der Waals surface area contributed by atoms with Gasteiger partial charge in [0.25, 0.3) is 0 Å². The van der Waals surface area contributed by atoms with Gasteiger partial charge >= 0.3 is 0 Å². The Morgan fingerprint density at radius 1 is 1.22 bits per heavy atom. The van der Waals surface area contributed by atoms with Crippen LogP contribution in [0.2, 0.25) is 0 Å². The van der Waals surface area contributed by atoms with Crippen molar-refractivity contribution in [1.29, 1.82) is 0 Å². The molecular weight excluding hydrogens is 236 g/mol. The van der Waals surface area contributed by atoms with Crippen molar-refractivity contribution in [3.63, 3.8) is 0 Å². The van der Waals surface area contributed by atoms with Crippen LogP contribution in [0.25, 0.3) is 0 Å². The zero-order valence-corrected chi connectivity index (χ0v) is 10.5. The summed E-state index contributed by atoms with van der Waals surface area (Å²) >= 11 is 0. The summed E-state index contributed by atoms with van der Waals surface area (Å²) in [4.78, 5) is 4.09. The molecule has 1 aromatic carbocycles. The predicted molar refractivity (Wildman–Crippen MR) is 67.0 cm³/mol. The van der Waals surface area contributed by atoms with E-state index < -0.39 is 11.6 Å². The van der Waals surface area contributed by atoms with Crippen LogP contribution in [0.5, 0.6) is 0 Å². The first-order valence-corrected chi connectivity index (χ1v) is 5.74. The summed E-state index contributed by atoms with van der Waals surface area (Å²) in [6, 6.07) is 2.50. The van der Waals surface area contributed by atoms with Crippen molar-refractivity contribution >= 4 is 11.6 Å². The number of halogens is 2. The molecule has 1 heterocycles. The maximum Gasteiger partial charge on any atom is 0.207 e. The summed E-state index contributed by atoms with van der Waals surface area (Å²) in [5.74, 6) is -0.444. The molecule has 0 unspecified atom stereocenters. The van der Waals surface area contributed by atoms with E-state index in [0.29, 0.717) is 5.95 Å². The Balaban J connectivity index is 2.34. The van der Waals surface area contributed by atoms with Crippen molar-refractivity contribution in [1.82, 2.24) is 9.55 Å². The van der Waals surface area contributed by atoms with Crippen LogP contribution >= 0.6 is 0 Å². The van der Waals surface area contributed by atoms with Gasteiger partial charge < -0.3 is 9.88 Å². The van der Waals surface area contributed by atoms with Crippen LogP contribution in [0.3, 0.4) is 0 Å². The Labute approximate surface area is 104 Å². The summed E-state index contributed by atoms with van der Waals surface area (Å²) in [7, 11) is 0. The predicted octanol–water partition coefficient (Wildman–Crippen LogP) is 3.79. The van der Waals surface area contributed by atoms with Crippen molar-refractivity contribution in [2.45, 2.75) is 26.8 Å². The zero-order chi connectivity index (χ0) is 13.3. The van der Waals surface area contributed by atoms with E-state index in [0.717, 1.165) is 6.07 Å². The van der Waals surface area contributed by atoms with Gasteiger partial charge in [-0.1, -0.05) is 0 Å². The Hall–Kier alpha value is -1.91. The van der Waals surface area contributed by atoms with Crippen LogP contribution in [0, 0.1) is 18.6 Å². The number of aryl methyl sites for hydroxylation is 1. The molecule has 0 amide bonds. The van der Waals surface area contributed by atoms with Crippen LogP contribution in [0.4, 0.5) is 20.4 Å². The van der Waals surface area contributed by atoms with Gasteiger partial charge in [-0.3, -0.25) is 0 Å². The fourth-order valence-corrected chi connectivity index (χ4v) is 1.69. The van der Waals surface area contributed by atoms with Crippen LogP contribution in [0.15, 0.2) is 24.5 Å². The highest BCUT2D eigenvalue weighted by Crippen LogP contribution is 2.23. The van der Waals surface area contributed by atoms with Crippen molar-refractivity contribution in [2.75, 3.05) is 5.32 Å². The van der Waals surface area contributed by atoms with Crippen LogP contribution < -0.4 is 5.32 Å². The molecule has 0 spiro atoms. The molecule has 96 valence electrons. The van der Waals surface area contributed by atoms with E-state index in [1.165, 1.54) is 13.0 Å². The fourth-order valence-electron chi connectivity index (χ4n) is 1.69. The lowest BCUT2D eigenvalue weighted by atomic mass is 10.2. The Morgan fingerprint density at radius 3 is 2.61 bits per heavy atom. The molecule has 0 atom stereocenters. The third-order valence-corrected chi connectivity index (χ3v) is 2.72. The number of nitrogens with one attached hydrogen (secondary N) is 1. The van der Waals surface area contributed by atoms with Gasteiger partial charge in [-0.25, -0.2) is 13.8 Å². The molecular formula is C13H15F2N3.